The zero-order chi connectivity index (χ0) is 15.2. The number of hydrogen-bond acceptors (Lipinski definition) is 4. The standard InChI is InChI=1S/C16H20N2O3/c1-16(2,3)21-15(20)10-4-7-13-12(8-10)17-9-14(19)18(13)11-5-6-11/h4,7-8,11,17H,5-6,9H2,1-3H3. The first kappa shape index (κ1) is 13.9. The Balaban J connectivity index is 1.88. The maximum atomic E-state index is 12.1. The van der Waals surface area contributed by atoms with Crippen molar-refractivity contribution in [2.75, 3.05) is 16.8 Å². The molecule has 1 fully saturated rings. The van der Waals surface area contributed by atoms with E-state index in [1.54, 1.807) is 12.1 Å². The molecule has 5 heteroatoms. The van der Waals surface area contributed by atoms with Gasteiger partial charge in [-0.15, -0.1) is 0 Å². The fourth-order valence-corrected chi connectivity index (χ4v) is 2.48. The number of rotatable bonds is 2. The highest BCUT2D eigenvalue weighted by atomic mass is 16.6. The van der Waals surface area contributed by atoms with E-state index in [0.717, 1.165) is 24.2 Å². The van der Waals surface area contributed by atoms with Crippen molar-refractivity contribution in [1.82, 2.24) is 0 Å². The predicted molar refractivity (Wildman–Crippen MR) is 80.6 cm³/mol. The molecule has 1 aliphatic heterocycles. The summed E-state index contributed by atoms with van der Waals surface area (Å²) in [6.45, 7) is 5.81. The minimum Gasteiger partial charge on any atom is -0.456 e. The van der Waals surface area contributed by atoms with Gasteiger partial charge in [-0.25, -0.2) is 4.79 Å². The van der Waals surface area contributed by atoms with E-state index in [9.17, 15) is 9.59 Å². The van der Waals surface area contributed by atoms with Crippen molar-refractivity contribution >= 4 is 23.3 Å². The van der Waals surface area contributed by atoms with Crippen molar-refractivity contribution in [2.24, 2.45) is 0 Å². The van der Waals surface area contributed by atoms with Crippen LogP contribution in [0.25, 0.3) is 0 Å². The third kappa shape index (κ3) is 2.86. The second-order valence-electron chi connectivity index (χ2n) is 6.58. The van der Waals surface area contributed by atoms with Crippen molar-refractivity contribution in [3.8, 4) is 0 Å². The second-order valence-corrected chi connectivity index (χ2v) is 6.58. The molecule has 0 unspecified atom stereocenters. The summed E-state index contributed by atoms with van der Waals surface area (Å²) in [6.07, 6.45) is 2.11. The van der Waals surface area contributed by atoms with E-state index in [2.05, 4.69) is 5.32 Å². The fraction of sp³-hybridized carbons (Fsp3) is 0.500. The van der Waals surface area contributed by atoms with Crippen LogP contribution in [0.5, 0.6) is 0 Å². The molecule has 5 nitrogen and oxygen atoms in total. The van der Waals surface area contributed by atoms with Gasteiger partial charge in [0.05, 0.1) is 23.5 Å². The lowest BCUT2D eigenvalue weighted by molar-refractivity contribution is -0.117. The smallest absolute Gasteiger partial charge is 0.338 e. The molecule has 21 heavy (non-hydrogen) atoms. The van der Waals surface area contributed by atoms with Gasteiger partial charge in [-0.2, -0.15) is 0 Å². The zero-order valence-corrected chi connectivity index (χ0v) is 12.6. The molecule has 0 spiro atoms. The molecule has 0 bridgehead atoms. The number of amides is 1. The SMILES string of the molecule is CC(C)(C)OC(=O)c1ccc2c(c1)NCC(=O)N2C1CC1. The molecule has 112 valence electrons. The van der Waals surface area contributed by atoms with Gasteiger partial charge in [0.2, 0.25) is 5.91 Å². The van der Waals surface area contributed by atoms with Gasteiger partial charge < -0.3 is 15.0 Å². The van der Waals surface area contributed by atoms with Gasteiger partial charge in [-0.1, -0.05) is 0 Å². The lowest BCUT2D eigenvalue weighted by Gasteiger charge is -2.30. The van der Waals surface area contributed by atoms with Crippen LogP contribution in [0, 0.1) is 0 Å². The van der Waals surface area contributed by atoms with Crippen LogP contribution >= 0.6 is 0 Å². The second kappa shape index (κ2) is 4.76. The van der Waals surface area contributed by atoms with Crippen molar-refractivity contribution in [1.29, 1.82) is 0 Å². The molecule has 0 atom stereocenters. The molecule has 1 heterocycles. The van der Waals surface area contributed by atoms with Crippen LogP contribution in [-0.4, -0.2) is 30.1 Å². The predicted octanol–water partition coefficient (Wildman–Crippen LogP) is 2.56. The quantitative estimate of drug-likeness (QED) is 0.850. The molecular formula is C16H20N2O3. The number of nitrogens with one attached hydrogen (secondary N) is 1. The Morgan fingerprint density at radius 1 is 1.33 bits per heavy atom. The Bertz CT molecular complexity index is 600. The van der Waals surface area contributed by atoms with Gasteiger partial charge in [0.25, 0.3) is 0 Å². The number of anilines is 2. The summed E-state index contributed by atoms with van der Waals surface area (Å²) < 4.78 is 5.38. The largest absolute Gasteiger partial charge is 0.456 e. The van der Waals surface area contributed by atoms with Crippen LogP contribution in [0.3, 0.4) is 0 Å². The number of ether oxygens (including phenoxy) is 1. The van der Waals surface area contributed by atoms with Crippen molar-refractivity contribution in [3.05, 3.63) is 23.8 Å². The molecular weight excluding hydrogens is 268 g/mol. The van der Waals surface area contributed by atoms with E-state index < -0.39 is 5.60 Å². The van der Waals surface area contributed by atoms with Gasteiger partial charge in [0, 0.05) is 6.04 Å². The maximum absolute atomic E-state index is 12.1. The monoisotopic (exact) mass is 288 g/mol. The van der Waals surface area contributed by atoms with Gasteiger partial charge in [0.15, 0.2) is 0 Å². The Hall–Kier alpha value is -2.04. The van der Waals surface area contributed by atoms with Crippen LogP contribution < -0.4 is 10.2 Å². The molecule has 1 aliphatic carbocycles. The molecule has 1 saturated carbocycles. The molecule has 2 aliphatic rings. The van der Waals surface area contributed by atoms with Crippen LogP contribution in [0.1, 0.15) is 44.0 Å². The van der Waals surface area contributed by atoms with Crippen molar-refractivity contribution < 1.29 is 14.3 Å². The molecule has 1 N–H and O–H groups in total. The topological polar surface area (TPSA) is 58.6 Å². The van der Waals surface area contributed by atoms with E-state index in [-0.39, 0.29) is 18.4 Å². The molecule has 1 amide bonds. The van der Waals surface area contributed by atoms with Crippen molar-refractivity contribution in [3.63, 3.8) is 0 Å². The first-order valence-electron chi connectivity index (χ1n) is 7.28. The fourth-order valence-electron chi connectivity index (χ4n) is 2.48. The zero-order valence-electron chi connectivity index (χ0n) is 12.6. The molecule has 1 aromatic rings. The summed E-state index contributed by atoms with van der Waals surface area (Å²) in [5, 5.41) is 3.08. The lowest BCUT2D eigenvalue weighted by atomic mass is 10.1. The third-order valence-corrected chi connectivity index (χ3v) is 3.50. The highest BCUT2D eigenvalue weighted by molar-refractivity contribution is 6.04. The van der Waals surface area contributed by atoms with E-state index in [4.69, 9.17) is 4.74 Å². The summed E-state index contributed by atoms with van der Waals surface area (Å²) >= 11 is 0. The number of carbonyl (C=O) groups excluding carboxylic acids is 2. The summed E-state index contributed by atoms with van der Waals surface area (Å²) in [6, 6.07) is 5.65. The number of nitrogens with zero attached hydrogens (tertiary/aromatic N) is 1. The summed E-state index contributed by atoms with van der Waals surface area (Å²) in [4.78, 5) is 26.0. The van der Waals surface area contributed by atoms with Gasteiger partial charge in [0.1, 0.15) is 5.60 Å². The summed E-state index contributed by atoms with van der Waals surface area (Å²) in [5.74, 6) is -0.253. The number of carbonyl (C=O) groups is 2. The Morgan fingerprint density at radius 2 is 2.05 bits per heavy atom. The Kier molecular flexibility index (Phi) is 3.15. The highest BCUT2D eigenvalue weighted by Crippen LogP contribution is 2.38. The minimum atomic E-state index is -0.517. The van der Waals surface area contributed by atoms with Crippen LogP contribution in [0.2, 0.25) is 0 Å². The van der Waals surface area contributed by atoms with Gasteiger partial charge >= 0.3 is 5.97 Å². The first-order chi connectivity index (χ1) is 9.85. The average Bonchev–Trinajstić information content (AvgIpc) is 3.20. The number of hydrogen-bond donors (Lipinski definition) is 1. The molecule has 0 aromatic heterocycles. The van der Waals surface area contributed by atoms with E-state index >= 15 is 0 Å². The van der Waals surface area contributed by atoms with E-state index in [1.165, 1.54) is 0 Å². The summed E-state index contributed by atoms with van der Waals surface area (Å²) in [7, 11) is 0. The summed E-state index contributed by atoms with van der Waals surface area (Å²) in [5.41, 5.74) is 1.67. The van der Waals surface area contributed by atoms with Crippen molar-refractivity contribution in [2.45, 2.75) is 45.3 Å². The van der Waals surface area contributed by atoms with Gasteiger partial charge in [-0.05, 0) is 51.8 Å². The first-order valence-corrected chi connectivity index (χ1v) is 7.28. The highest BCUT2D eigenvalue weighted by Gasteiger charge is 2.37. The van der Waals surface area contributed by atoms with E-state index in [1.807, 2.05) is 31.7 Å². The molecule has 3 rings (SSSR count). The Morgan fingerprint density at radius 3 is 2.67 bits per heavy atom. The maximum Gasteiger partial charge on any atom is 0.338 e. The molecule has 1 aromatic carbocycles. The average molecular weight is 288 g/mol. The lowest BCUT2D eigenvalue weighted by Crippen LogP contribution is -2.41. The number of esters is 1. The van der Waals surface area contributed by atoms with Crippen LogP contribution in [-0.2, 0) is 9.53 Å². The van der Waals surface area contributed by atoms with E-state index in [0.29, 0.717) is 11.6 Å². The Labute approximate surface area is 124 Å². The normalized spacial score (nSPS) is 18.0. The molecule has 0 radical (unpaired) electrons. The number of benzene rings is 1. The third-order valence-electron chi connectivity index (χ3n) is 3.50. The number of fused-ring (bicyclic) bond motifs is 1. The van der Waals surface area contributed by atoms with Gasteiger partial charge in [-0.3, -0.25) is 4.79 Å². The minimum absolute atomic E-state index is 0.0926. The van der Waals surface area contributed by atoms with Crippen LogP contribution in [0.4, 0.5) is 11.4 Å². The van der Waals surface area contributed by atoms with Crippen LogP contribution in [0.15, 0.2) is 18.2 Å². The molecule has 0 saturated heterocycles.